The van der Waals surface area contributed by atoms with Crippen molar-refractivity contribution in [3.05, 3.63) is 47.2 Å². The fourth-order valence-electron chi connectivity index (χ4n) is 2.90. The fraction of sp³-hybridized carbons (Fsp3) is 0.471. The Kier molecular flexibility index (Phi) is 4.58. The topological polar surface area (TPSA) is 21.6 Å². The van der Waals surface area contributed by atoms with E-state index in [1.54, 1.807) is 12.7 Å². The number of methoxy groups -OCH3 is 1. The number of aliphatic imine (C=N–C) groups is 1. The zero-order chi connectivity index (χ0) is 13.8. The third-order valence-electron chi connectivity index (χ3n) is 4.04. The molecule has 0 amide bonds. The van der Waals surface area contributed by atoms with E-state index in [2.05, 4.69) is 30.3 Å². The van der Waals surface area contributed by atoms with Crippen molar-refractivity contribution >= 4 is 16.8 Å². The standard InChI is InChI=1S/C17H21NOS/c1-19-16-11-10-14-8-5-9-15(14)18-17(16)20-12-13-6-3-2-4-7-13/h2-4,6-7,16H,5,8-12H2,1H3. The second-order valence-electron chi connectivity index (χ2n) is 5.39. The van der Waals surface area contributed by atoms with Crippen molar-refractivity contribution < 1.29 is 4.74 Å². The molecule has 1 atom stereocenters. The molecule has 20 heavy (non-hydrogen) atoms. The van der Waals surface area contributed by atoms with Gasteiger partial charge in [-0.15, -0.1) is 11.8 Å². The summed E-state index contributed by atoms with van der Waals surface area (Å²) >= 11 is 1.84. The van der Waals surface area contributed by atoms with Crippen LogP contribution in [0, 0.1) is 0 Å². The van der Waals surface area contributed by atoms with Gasteiger partial charge in [0.15, 0.2) is 0 Å². The maximum atomic E-state index is 5.66. The van der Waals surface area contributed by atoms with Crippen molar-refractivity contribution in [1.29, 1.82) is 0 Å². The number of nitrogens with zero attached hydrogens (tertiary/aromatic N) is 1. The van der Waals surface area contributed by atoms with Crippen molar-refractivity contribution in [3.63, 3.8) is 0 Å². The molecule has 0 N–H and O–H groups in total. The second-order valence-corrected chi connectivity index (χ2v) is 6.39. The minimum absolute atomic E-state index is 0.175. The summed E-state index contributed by atoms with van der Waals surface area (Å²) in [4.78, 5) is 4.94. The van der Waals surface area contributed by atoms with Gasteiger partial charge in [-0.05, 0) is 43.2 Å². The number of rotatable bonds is 3. The molecule has 0 aromatic heterocycles. The Labute approximate surface area is 125 Å². The Hall–Kier alpha value is -1.06. The molecular weight excluding hydrogens is 266 g/mol. The van der Waals surface area contributed by atoms with E-state index < -0.39 is 0 Å². The molecule has 0 saturated carbocycles. The first-order chi connectivity index (χ1) is 9.86. The molecule has 0 saturated heterocycles. The van der Waals surface area contributed by atoms with Gasteiger partial charge in [-0.25, -0.2) is 4.99 Å². The van der Waals surface area contributed by atoms with E-state index in [1.807, 2.05) is 11.8 Å². The molecule has 1 heterocycles. The van der Waals surface area contributed by atoms with Gasteiger partial charge in [-0.3, -0.25) is 0 Å². The molecule has 0 fully saturated rings. The highest BCUT2D eigenvalue weighted by molar-refractivity contribution is 8.13. The van der Waals surface area contributed by atoms with Crippen LogP contribution in [-0.4, -0.2) is 18.3 Å². The Bertz CT molecular complexity index is 521. The molecule has 1 unspecified atom stereocenters. The highest BCUT2D eigenvalue weighted by Crippen LogP contribution is 2.35. The summed E-state index contributed by atoms with van der Waals surface area (Å²) < 4.78 is 5.66. The van der Waals surface area contributed by atoms with Gasteiger partial charge in [0.05, 0.1) is 0 Å². The van der Waals surface area contributed by atoms with E-state index >= 15 is 0 Å². The van der Waals surface area contributed by atoms with Crippen LogP contribution in [0.5, 0.6) is 0 Å². The Morgan fingerprint density at radius 1 is 1.20 bits per heavy atom. The third-order valence-corrected chi connectivity index (χ3v) is 5.17. The number of benzene rings is 1. The van der Waals surface area contributed by atoms with Crippen LogP contribution in [0.3, 0.4) is 0 Å². The van der Waals surface area contributed by atoms with Crippen LogP contribution >= 0.6 is 11.8 Å². The largest absolute Gasteiger partial charge is 0.375 e. The van der Waals surface area contributed by atoms with Gasteiger partial charge < -0.3 is 4.74 Å². The lowest BCUT2D eigenvalue weighted by Gasteiger charge is -2.16. The number of thioether (sulfide) groups is 1. The van der Waals surface area contributed by atoms with E-state index in [9.17, 15) is 0 Å². The normalized spacial score (nSPS) is 22.4. The molecule has 1 aliphatic heterocycles. The average Bonchev–Trinajstić information content (AvgIpc) is 2.86. The molecule has 3 rings (SSSR count). The molecule has 3 heteroatoms. The van der Waals surface area contributed by atoms with Crippen LogP contribution in [0.25, 0.3) is 0 Å². The van der Waals surface area contributed by atoms with Crippen molar-refractivity contribution in [2.45, 2.75) is 44.0 Å². The van der Waals surface area contributed by atoms with Crippen LogP contribution in [-0.2, 0) is 10.5 Å². The van der Waals surface area contributed by atoms with Crippen LogP contribution < -0.4 is 0 Å². The fourth-order valence-corrected chi connectivity index (χ4v) is 3.99. The molecule has 1 aromatic rings. The summed E-state index contributed by atoms with van der Waals surface area (Å²) in [6, 6.07) is 10.6. The minimum Gasteiger partial charge on any atom is -0.375 e. The predicted molar refractivity (Wildman–Crippen MR) is 86.1 cm³/mol. The zero-order valence-electron chi connectivity index (χ0n) is 12.0. The number of hydrogen-bond acceptors (Lipinski definition) is 3. The molecule has 1 aromatic carbocycles. The summed E-state index contributed by atoms with van der Waals surface area (Å²) in [5.74, 6) is 0.974. The molecule has 0 spiro atoms. The lowest BCUT2D eigenvalue weighted by molar-refractivity contribution is 0.151. The second kappa shape index (κ2) is 6.59. The van der Waals surface area contributed by atoms with Gasteiger partial charge in [0, 0.05) is 18.6 Å². The van der Waals surface area contributed by atoms with Gasteiger partial charge >= 0.3 is 0 Å². The molecule has 0 bridgehead atoms. The number of allylic oxidation sites excluding steroid dienone is 2. The smallest absolute Gasteiger partial charge is 0.105 e. The molecule has 1 aliphatic carbocycles. The average molecular weight is 287 g/mol. The molecule has 106 valence electrons. The Balaban J connectivity index is 1.74. The van der Waals surface area contributed by atoms with E-state index in [1.165, 1.54) is 29.1 Å². The summed E-state index contributed by atoms with van der Waals surface area (Å²) in [5, 5.41) is 1.17. The number of hydrogen-bond donors (Lipinski definition) is 0. The Morgan fingerprint density at radius 2 is 2.05 bits per heavy atom. The maximum Gasteiger partial charge on any atom is 0.105 e. The SMILES string of the molecule is COC1CCC2=C(CCC2)N=C1SCc1ccccc1. The zero-order valence-corrected chi connectivity index (χ0v) is 12.8. The lowest BCUT2D eigenvalue weighted by Crippen LogP contribution is -2.20. The lowest BCUT2D eigenvalue weighted by atomic mass is 10.1. The van der Waals surface area contributed by atoms with E-state index in [-0.39, 0.29) is 6.10 Å². The summed E-state index contributed by atoms with van der Waals surface area (Å²) in [7, 11) is 1.81. The van der Waals surface area contributed by atoms with E-state index in [4.69, 9.17) is 9.73 Å². The maximum absolute atomic E-state index is 5.66. The van der Waals surface area contributed by atoms with Gasteiger partial charge in [-0.2, -0.15) is 0 Å². The Morgan fingerprint density at radius 3 is 2.85 bits per heavy atom. The van der Waals surface area contributed by atoms with Crippen molar-refractivity contribution in [2.24, 2.45) is 4.99 Å². The van der Waals surface area contributed by atoms with Crippen molar-refractivity contribution in [3.8, 4) is 0 Å². The highest BCUT2D eigenvalue weighted by Gasteiger charge is 2.24. The summed E-state index contributed by atoms with van der Waals surface area (Å²) in [6.07, 6.45) is 6.09. The molecule has 2 aliphatic rings. The monoisotopic (exact) mass is 287 g/mol. The summed E-state index contributed by atoms with van der Waals surface area (Å²) in [5.41, 5.74) is 4.27. The highest BCUT2D eigenvalue weighted by atomic mass is 32.2. The van der Waals surface area contributed by atoms with Crippen molar-refractivity contribution in [2.75, 3.05) is 7.11 Å². The third kappa shape index (κ3) is 3.15. The molecular formula is C17H21NOS. The van der Waals surface area contributed by atoms with Gasteiger partial charge in [0.1, 0.15) is 11.1 Å². The van der Waals surface area contributed by atoms with Gasteiger partial charge in [0.2, 0.25) is 0 Å². The van der Waals surface area contributed by atoms with Crippen LogP contribution in [0.15, 0.2) is 46.6 Å². The summed E-state index contributed by atoms with van der Waals surface area (Å²) in [6.45, 7) is 0. The first kappa shape index (κ1) is 13.9. The number of ether oxygens (including phenoxy) is 1. The van der Waals surface area contributed by atoms with Crippen LogP contribution in [0.1, 0.15) is 37.7 Å². The van der Waals surface area contributed by atoms with Crippen LogP contribution in [0.4, 0.5) is 0 Å². The van der Waals surface area contributed by atoms with E-state index in [0.717, 1.165) is 25.0 Å². The first-order valence-corrected chi connectivity index (χ1v) is 8.34. The quantitative estimate of drug-likeness (QED) is 0.812. The van der Waals surface area contributed by atoms with Crippen LogP contribution in [0.2, 0.25) is 0 Å². The molecule has 0 radical (unpaired) electrons. The minimum atomic E-state index is 0.175. The van der Waals surface area contributed by atoms with E-state index in [0.29, 0.717) is 0 Å². The van der Waals surface area contributed by atoms with Gasteiger partial charge in [-0.1, -0.05) is 30.3 Å². The predicted octanol–water partition coefficient (Wildman–Crippen LogP) is 4.57. The van der Waals surface area contributed by atoms with Gasteiger partial charge in [0.25, 0.3) is 0 Å². The first-order valence-electron chi connectivity index (χ1n) is 7.36. The molecule has 2 nitrogen and oxygen atoms in total. The van der Waals surface area contributed by atoms with Crippen molar-refractivity contribution in [1.82, 2.24) is 0 Å².